The van der Waals surface area contributed by atoms with Gasteiger partial charge < -0.3 is 10.2 Å². The molecule has 0 unspecified atom stereocenters. The molecule has 1 amide bonds. The number of nitrogens with zero attached hydrogens (tertiary/aromatic N) is 4. The molecule has 0 aliphatic carbocycles. The van der Waals surface area contributed by atoms with E-state index in [1.54, 1.807) is 6.20 Å². The van der Waals surface area contributed by atoms with Crippen molar-refractivity contribution in [1.82, 2.24) is 20.3 Å². The Morgan fingerprint density at radius 2 is 1.89 bits per heavy atom. The van der Waals surface area contributed by atoms with E-state index in [0.717, 1.165) is 35.2 Å². The van der Waals surface area contributed by atoms with Gasteiger partial charge in [-0.05, 0) is 32.3 Å². The number of rotatable bonds is 5. The van der Waals surface area contributed by atoms with E-state index in [0.29, 0.717) is 17.2 Å². The van der Waals surface area contributed by atoms with Crippen molar-refractivity contribution in [2.45, 2.75) is 32.7 Å². The van der Waals surface area contributed by atoms with Crippen LogP contribution >= 0.6 is 11.3 Å². The summed E-state index contributed by atoms with van der Waals surface area (Å²) < 4.78 is 0. The minimum atomic E-state index is -0.135. The number of thiazole rings is 1. The van der Waals surface area contributed by atoms with Crippen molar-refractivity contribution >= 4 is 23.1 Å². The summed E-state index contributed by atoms with van der Waals surface area (Å²) in [5.74, 6) is 1.44. The number of aryl methyl sites for hydroxylation is 1. The summed E-state index contributed by atoms with van der Waals surface area (Å²) >= 11 is 1.41. The van der Waals surface area contributed by atoms with Gasteiger partial charge in [-0.3, -0.25) is 4.79 Å². The van der Waals surface area contributed by atoms with E-state index >= 15 is 0 Å². The maximum atomic E-state index is 12.7. The van der Waals surface area contributed by atoms with Gasteiger partial charge in [0, 0.05) is 24.8 Å². The molecule has 7 heteroatoms. The van der Waals surface area contributed by atoms with Crippen molar-refractivity contribution in [2.24, 2.45) is 0 Å². The molecule has 28 heavy (non-hydrogen) atoms. The van der Waals surface area contributed by atoms with Crippen LogP contribution in [0.15, 0.2) is 42.6 Å². The van der Waals surface area contributed by atoms with Crippen LogP contribution in [-0.4, -0.2) is 33.9 Å². The first kappa shape index (κ1) is 18.6. The van der Waals surface area contributed by atoms with Crippen LogP contribution in [0.4, 0.5) is 5.82 Å². The Morgan fingerprint density at radius 1 is 1.11 bits per heavy atom. The standard InChI is InChI=1S/C21H23N5OS/c1-15-19(28-21(24-15)16-8-4-2-5-9-16)20(27)23-14-17-22-11-10-18(25-17)26-12-6-3-7-13-26/h2,4-5,8-11H,3,6-7,12-14H2,1H3,(H,23,27). The molecule has 1 aliphatic rings. The van der Waals surface area contributed by atoms with Gasteiger partial charge >= 0.3 is 0 Å². The number of benzene rings is 1. The van der Waals surface area contributed by atoms with Gasteiger partial charge in [-0.1, -0.05) is 30.3 Å². The Labute approximate surface area is 168 Å². The average Bonchev–Trinajstić information content (AvgIpc) is 3.15. The molecule has 0 atom stereocenters. The van der Waals surface area contributed by atoms with Crippen molar-refractivity contribution in [3.8, 4) is 10.6 Å². The Balaban J connectivity index is 1.43. The monoisotopic (exact) mass is 393 g/mol. The smallest absolute Gasteiger partial charge is 0.263 e. The molecule has 3 heterocycles. The fraction of sp³-hybridized carbons (Fsp3) is 0.333. The number of carbonyl (C=O) groups excluding carboxylic acids is 1. The van der Waals surface area contributed by atoms with Crippen molar-refractivity contribution in [3.63, 3.8) is 0 Å². The van der Waals surface area contributed by atoms with Crippen LogP contribution in [0.25, 0.3) is 10.6 Å². The zero-order valence-corrected chi connectivity index (χ0v) is 16.7. The highest BCUT2D eigenvalue weighted by molar-refractivity contribution is 7.17. The van der Waals surface area contributed by atoms with E-state index in [1.807, 2.05) is 43.3 Å². The van der Waals surface area contributed by atoms with E-state index in [2.05, 4.69) is 25.2 Å². The molecule has 3 aromatic rings. The normalized spacial score (nSPS) is 14.1. The summed E-state index contributed by atoms with van der Waals surface area (Å²) in [5.41, 5.74) is 1.76. The van der Waals surface area contributed by atoms with Gasteiger partial charge in [-0.25, -0.2) is 15.0 Å². The highest BCUT2D eigenvalue weighted by atomic mass is 32.1. The predicted octanol–water partition coefficient (Wildman–Crippen LogP) is 3.83. The van der Waals surface area contributed by atoms with E-state index in [9.17, 15) is 4.79 Å². The third-order valence-corrected chi connectivity index (χ3v) is 6.01. The molecule has 0 spiro atoms. The Kier molecular flexibility index (Phi) is 5.62. The van der Waals surface area contributed by atoms with Crippen molar-refractivity contribution in [3.05, 3.63) is 59.0 Å². The fourth-order valence-electron chi connectivity index (χ4n) is 3.32. The fourth-order valence-corrected chi connectivity index (χ4v) is 4.31. The number of amides is 1. The first-order valence-corrected chi connectivity index (χ1v) is 10.4. The number of nitrogens with one attached hydrogen (secondary N) is 1. The number of aromatic nitrogens is 3. The van der Waals surface area contributed by atoms with Gasteiger partial charge in [-0.2, -0.15) is 0 Å². The van der Waals surface area contributed by atoms with Gasteiger partial charge in [0.15, 0.2) is 0 Å². The molecule has 1 aromatic carbocycles. The molecule has 1 saturated heterocycles. The van der Waals surface area contributed by atoms with E-state index in [4.69, 9.17) is 0 Å². The second kappa shape index (κ2) is 8.48. The zero-order valence-electron chi connectivity index (χ0n) is 15.9. The summed E-state index contributed by atoms with van der Waals surface area (Å²) in [5, 5.41) is 3.79. The molecule has 1 N–H and O–H groups in total. The van der Waals surface area contributed by atoms with Crippen LogP contribution in [0.5, 0.6) is 0 Å². The van der Waals surface area contributed by atoms with E-state index in [-0.39, 0.29) is 5.91 Å². The van der Waals surface area contributed by atoms with Crippen LogP contribution < -0.4 is 10.2 Å². The maximum absolute atomic E-state index is 12.7. The van der Waals surface area contributed by atoms with Crippen molar-refractivity contribution < 1.29 is 4.79 Å². The van der Waals surface area contributed by atoms with Crippen LogP contribution in [0.3, 0.4) is 0 Å². The Hall–Kier alpha value is -2.80. The lowest BCUT2D eigenvalue weighted by Gasteiger charge is -2.27. The third-order valence-electron chi connectivity index (χ3n) is 4.80. The number of piperidine rings is 1. The lowest BCUT2D eigenvalue weighted by atomic mass is 10.1. The third kappa shape index (κ3) is 4.20. The van der Waals surface area contributed by atoms with Crippen LogP contribution in [0, 0.1) is 6.92 Å². The molecule has 1 fully saturated rings. The predicted molar refractivity (Wildman–Crippen MR) is 112 cm³/mol. The first-order valence-electron chi connectivity index (χ1n) is 9.58. The summed E-state index contributed by atoms with van der Waals surface area (Å²) in [7, 11) is 0. The van der Waals surface area contributed by atoms with Gasteiger partial charge in [0.1, 0.15) is 21.5 Å². The molecule has 0 saturated carbocycles. The quantitative estimate of drug-likeness (QED) is 0.713. The lowest BCUT2D eigenvalue weighted by Crippen LogP contribution is -2.31. The molecule has 0 radical (unpaired) electrons. The molecule has 6 nitrogen and oxygen atoms in total. The minimum absolute atomic E-state index is 0.135. The molecule has 2 aromatic heterocycles. The van der Waals surface area contributed by atoms with Gasteiger partial charge in [0.05, 0.1) is 12.2 Å². The molecule has 0 bridgehead atoms. The number of hydrogen-bond donors (Lipinski definition) is 1. The summed E-state index contributed by atoms with van der Waals surface area (Å²) in [4.78, 5) is 29.1. The van der Waals surface area contributed by atoms with Gasteiger partial charge in [-0.15, -0.1) is 11.3 Å². The van der Waals surface area contributed by atoms with Gasteiger partial charge in [0.25, 0.3) is 5.91 Å². The number of anilines is 1. The summed E-state index contributed by atoms with van der Waals surface area (Å²) in [6.07, 6.45) is 5.45. The molecule has 1 aliphatic heterocycles. The van der Waals surface area contributed by atoms with Gasteiger partial charge in [0.2, 0.25) is 0 Å². The van der Waals surface area contributed by atoms with Crippen LogP contribution in [0.2, 0.25) is 0 Å². The number of hydrogen-bond acceptors (Lipinski definition) is 6. The maximum Gasteiger partial charge on any atom is 0.263 e. The van der Waals surface area contributed by atoms with E-state index < -0.39 is 0 Å². The van der Waals surface area contributed by atoms with Crippen LogP contribution in [0.1, 0.15) is 40.5 Å². The SMILES string of the molecule is Cc1nc(-c2ccccc2)sc1C(=O)NCc1nccc(N2CCCCC2)n1. The van der Waals surface area contributed by atoms with Crippen LogP contribution in [-0.2, 0) is 6.54 Å². The summed E-state index contributed by atoms with van der Waals surface area (Å²) in [6.45, 7) is 4.24. The largest absolute Gasteiger partial charge is 0.357 e. The molecule has 4 rings (SSSR count). The zero-order chi connectivity index (χ0) is 19.3. The second-order valence-corrected chi connectivity index (χ2v) is 7.86. The van der Waals surface area contributed by atoms with Crippen molar-refractivity contribution in [2.75, 3.05) is 18.0 Å². The summed E-state index contributed by atoms with van der Waals surface area (Å²) in [6, 6.07) is 11.8. The first-order chi connectivity index (χ1) is 13.7. The molecule has 144 valence electrons. The minimum Gasteiger partial charge on any atom is -0.357 e. The molecular weight excluding hydrogens is 370 g/mol. The Bertz CT molecular complexity index is 950. The second-order valence-electron chi connectivity index (χ2n) is 6.86. The lowest BCUT2D eigenvalue weighted by molar-refractivity contribution is 0.0953. The molecular formula is C21H23N5OS. The number of carbonyl (C=O) groups is 1. The van der Waals surface area contributed by atoms with Crippen molar-refractivity contribution in [1.29, 1.82) is 0 Å². The van der Waals surface area contributed by atoms with E-state index in [1.165, 1.54) is 30.6 Å². The highest BCUT2D eigenvalue weighted by Crippen LogP contribution is 2.27. The Morgan fingerprint density at radius 3 is 2.68 bits per heavy atom. The average molecular weight is 394 g/mol. The topological polar surface area (TPSA) is 71.0 Å². The highest BCUT2D eigenvalue weighted by Gasteiger charge is 2.17.